The summed E-state index contributed by atoms with van der Waals surface area (Å²) in [6, 6.07) is 0.0338. The molecule has 0 spiro atoms. The summed E-state index contributed by atoms with van der Waals surface area (Å²) in [7, 11) is 3.02. The number of anilines is 1. The number of diazo groups is 1. The van der Waals surface area contributed by atoms with E-state index >= 15 is 0 Å². The molecule has 0 radical (unpaired) electrons. The Morgan fingerprint density at radius 2 is 1.88 bits per heavy atom. The number of aromatic hydroxyl groups is 1. The Kier molecular flexibility index (Phi) is 6.85. The zero-order valence-electron chi connectivity index (χ0n) is 22.5. The number of fused-ring (bicyclic) bond motifs is 3. The largest absolute Gasteiger partial charge is 0.508 e. The standard InChI is InChI=1S/C27H30N6O8/c1-32(2)20-13-8-11-7-12-14(31-29)9-15(30-16(34)10-33-5-3-4-6-33)21(35)18(12)22(36)17(11)24(38)27(13,41)25(39)19(23(20)37)26(28)40/h9,11,13,20,29,41H,3-8,10H2,1-2H3,(H4,28,36,37,38,39,40)/p+1/t11?,13?,20-,27-/m0/s1. The SMILES string of the molecule is CN(C)[C@@H]1C(=O)C(C(N)=O)=C(O)[C@@]2(O)C(=O)C3=C(O)c4c(O)c(NC(=O)CN5CCCC5)cc([N+]#N)c4CC3CC12. The molecule has 1 saturated heterocycles. The van der Waals surface area contributed by atoms with Crippen LogP contribution in [0.15, 0.2) is 23.0 Å². The third-order valence-corrected chi connectivity index (χ3v) is 8.64. The van der Waals surface area contributed by atoms with Gasteiger partial charge in [-0.15, -0.1) is 0 Å². The molecule has 2 fully saturated rings. The first-order valence-electron chi connectivity index (χ1n) is 13.2. The molecule has 5 rings (SSSR count). The zero-order valence-corrected chi connectivity index (χ0v) is 22.5. The van der Waals surface area contributed by atoms with E-state index in [1.165, 1.54) is 25.1 Å². The molecule has 2 unspecified atom stereocenters. The monoisotopic (exact) mass is 567 g/mol. The summed E-state index contributed by atoms with van der Waals surface area (Å²) in [6.45, 7) is 1.56. The third-order valence-electron chi connectivity index (χ3n) is 8.64. The van der Waals surface area contributed by atoms with Crippen LogP contribution in [0.3, 0.4) is 0 Å². The number of phenols is 1. The molecule has 3 aliphatic carbocycles. The number of nitrogens with one attached hydrogen (secondary N) is 1. The minimum Gasteiger partial charge on any atom is -0.508 e. The second-order valence-corrected chi connectivity index (χ2v) is 11.2. The van der Waals surface area contributed by atoms with Crippen molar-refractivity contribution >= 4 is 40.5 Å². The molecule has 41 heavy (non-hydrogen) atoms. The summed E-state index contributed by atoms with van der Waals surface area (Å²) in [4.78, 5) is 58.5. The van der Waals surface area contributed by atoms with E-state index in [-0.39, 0.29) is 47.5 Å². The molecule has 2 amide bonds. The lowest BCUT2D eigenvalue weighted by Gasteiger charge is -2.50. The molecule has 4 atom stereocenters. The molecule has 1 heterocycles. The highest BCUT2D eigenvalue weighted by Crippen LogP contribution is 2.54. The number of rotatable bonds is 5. The first-order valence-corrected chi connectivity index (χ1v) is 13.2. The van der Waals surface area contributed by atoms with Crippen molar-refractivity contribution in [3.8, 4) is 5.75 Å². The van der Waals surface area contributed by atoms with Crippen LogP contribution in [-0.4, -0.2) is 99.0 Å². The smallest absolute Gasteiger partial charge is 0.391 e. The summed E-state index contributed by atoms with van der Waals surface area (Å²) >= 11 is 0. The van der Waals surface area contributed by atoms with Crippen molar-refractivity contribution in [3.63, 3.8) is 0 Å². The summed E-state index contributed by atoms with van der Waals surface area (Å²) in [6.07, 6.45) is 1.77. The van der Waals surface area contributed by atoms with Crippen LogP contribution in [0.2, 0.25) is 0 Å². The molecule has 1 saturated carbocycles. The molecule has 4 aliphatic rings. The first kappa shape index (κ1) is 28.2. The van der Waals surface area contributed by atoms with Gasteiger partial charge in [0.15, 0.2) is 22.1 Å². The lowest BCUT2D eigenvalue weighted by molar-refractivity contribution is -0.153. The van der Waals surface area contributed by atoms with Crippen molar-refractivity contribution in [1.82, 2.24) is 9.80 Å². The van der Waals surface area contributed by atoms with Gasteiger partial charge in [0.25, 0.3) is 5.91 Å². The molecule has 216 valence electrons. The van der Waals surface area contributed by atoms with E-state index in [1.54, 1.807) is 0 Å². The Bertz CT molecular complexity index is 1500. The highest BCUT2D eigenvalue weighted by atomic mass is 16.3. The van der Waals surface area contributed by atoms with Gasteiger partial charge in [-0.1, -0.05) is 0 Å². The van der Waals surface area contributed by atoms with E-state index in [0.717, 1.165) is 25.9 Å². The maximum atomic E-state index is 13.9. The predicted octanol–water partition coefficient (Wildman–Crippen LogP) is 0.483. The molecular weight excluding hydrogens is 536 g/mol. The number of carbonyl (C=O) groups is 4. The Labute approximate surface area is 234 Å². The minimum absolute atomic E-state index is 0.0521. The van der Waals surface area contributed by atoms with Gasteiger partial charge in [-0.2, -0.15) is 0 Å². The maximum Gasteiger partial charge on any atom is 0.391 e. The molecule has 1 aliphatic heterocycles. The fourth-order valence-corrected chi connectivity index (χ4v) is 6.81. The molecular formula is C27H31N6O8+. The van der Waals surface area contributed by atoms with Gasteiger partial charge in [-0.05, 0) is 58.8 Å². The number of nitrogens with two attached hydrogens (primary N) is 1. The van der Waals surface area contributed by atoms with Gasteiger partial charge in [0.1, 0.15) is 17.1 Å². The number of benzene rings is 1. The van der Waals surface area contributed by atoms with E-state index in [0.29, 0.717) is 0 Å². The Balaban J connectivity index is 1.63. The number of aliphatic hydroxyl groups is 3. The van der Waals surface area contributed by atoms with E-state index < -0.39 is 69.7 Å². The van der Waals surface area contributed by atoms with Crippen molar-refractivity contribution in [2.75, 3.05) is 39.0 Å². The van der Waals surface area contributed by atoms with Crippen LogP contribution in [0.25, 0.3) is 10.7 Å². The normalized spacial score (nSPS) is 27.8. The second-order valence-electron chi connectivity index (χ2n) is 11.2. The van der Waals surface area contributed by atoms with Crippen molar-refractivity contribution in [2.24, 2.45) is 17.6 Å². The molecule has 0 aromatic heterocycles. The Morgan fingerprint density at radius 1 is 1.22 bits per heavy atom. The average molecular weight is 568 g/mol. The van der Waals surface area contributed by atoms with Gasteiger partial charge in [0, 0.05) is 11.5 Å². The number of aliphatic hydroxyl groups excluding tert-OH is 2. The van der Waals surface area contributed by atoms with Crippen molar-refractivity contribution < 1.29 is 39.6 Å². The average Bonchev–Trinajstić information content (AvgIpc) is 3.40. The summed E-state index contributed by atoms with van der Waals surface area (Å²) in [5.74, 6) is -8.37. The van der Waals surface area contributed by atoms with Crippen LogP contribution in [0.4, 0.5) is 11.4 Å². The number of amides is 2. The van der Waals surface area contributed by atoms with E-state index in [9.17, 15) is 45.0 Å². The number of ketones is 2. The number of nitrogens with zero attached hydrogens (tertiary/aromatic N) is 4. The van der Waals surface area contributed by atoms with Gasteiger partial charge >= 0.3 is 5.69 Å². The molecule has 7 N–H and O–H groups in total. The summed E-state index contributed by atoms with van der Waals surface area (Å²) in [5, 5.41) is 57.5. The Hall–Kier alpha value is -4.32. The van der Waals surface area contributed by atoms with Gasteiger partial charge < -0.3 is 31.5 Å². The highest BCUT2D eigenvalue weighted by Gasteiger charge is 2.64. The number of likely N-dealkylation sites (tertiary alicyclic amines) is 1. The van der Waals surface area contributed by atoms with Crippen LogP contribution in [0, 0.1) is 17.2 Å². The van der Waals surface area contributed by atoms with Gasteiger partial charge in [0.05, 0.1) is 35.5 Å². The number of hydrogen-bond acceptors (Lipinski definition) is 11. The lowest BCUT2D eigenvalue weighted by atomic mass is 9.57. The number of phenolic OH excluding ortho intramolecular Hbond substituents is 1. The minimum atomic E-state index is -2.77. The number of Topliss-reactive ketones (excluding diaryl/α,β-unsaturated/α-hetero) is 2. The topological polar surface area (TPSA) is 222 Å². The predicted molar refractivity (Wildman–Crippen MR) is 143 cm³/mol. The molecule has 14 heteroatoms. The summed E-state index contributed by atoms with van der Waals surface area (Å²) < 4.78 is 0. The summed E-state index contributed by atoms with van der Waals surface area (Å²) in [5.41, 5.74) is 0.959. The van der Waals surface area contributed by atoms with Crippen molar-refractivity contribution in [1.29, 1.82) is 5.39 Å². The fourth-order valence-electron chi connectivity index (χ4n) is 6.81. The molecule has 0 bridgehead atoms. The van der Waals surface area contributed by atoms with Gasteiger partial charge in [-0.25, -0.2) is 0 Å². The van der Waals surface area contributed by atoms with Crippen molar-refractivity contribution in [3.05, 3.63) is 39.1 Å². The van der Waals surface area contributed by atoms with Crippen LogP contribution >= 0.6 is 0 Å². The van der Waals surface area contributed by atoms with Crippen molar-refractivity contribution in [2.45, 2.75) is 37.3 Å². The van der Waals surface area contributed by atoms with Crippen LogP contribution in [0.5, 0.6) is 5.75 Å². The van der Waals surface area contributed by atoms with E-state index in [1.807, 2.05) is 4.90 Å². The van der Waals surface area contributed by atoms with Crippen LogP contribution in [-0.2, 0) is 25.6 Å². The van der Waals surface area contributed by atoms with Gasteiger partial charge in [-0.3, -0.25) is 29.0 Å². The number of primary amides is 1. The van der Waals surface area contributed by atoms with Crippen LogP contribution < -0.4 is 11.1 Å². The molecule has 1 aromatic carbocycles. The third kappa shape index (κ3) is 4.16. The van der Waals surface area contributed by atoms with Crippen LogP contribution in [0.1, 0.15) is 30.4 Å². The second kappa shape index (κ2) is 9.95. The van der Waals surface area contributed by atoms with E-state index in [2.05, 4.69) is 10.3 Å². The zero-order chi connectivity index (χ0) is 30.0. The number of hydrogen-bond donors (Lipinski definition) is 6. The Morgan fingerprint density at radius 3 is 2.46 bits per heavy atom. The number of carbonyl (C=O) groups excluding carboxylic acids is 4. The van der Waals surface area contributed by atoms with Gasteiger partial charge in [0.2, 0.25) is 17.1 Å². The highest BCUT2D eigenvalue weighted by molar-refractivity contribution is 6.24. The van der Waals surface area contributed by atoms with E-state index in [4.69, 9.17) is 5.73 Å². The maximum absolute atomic E-state index is 13.9. The fraction of sp³-hybridized carbons (Fsp3) is 0.481. The first-order chi connectivity index (χ1) is 19.3. The molecule has 1 aromatic rings. The quantitative estimate of drug-likeness (QED) is 0.163. The molecule has 14 nitrogen and oxygen atoms in total. The lowest BCUT2D eigenvalue weighted by Crippen LogP contribution is -2.65. The number of likely N-dealkylation sites (N-methyl/N-ethyl adjacent to an activating group) is 1.